The number of hydrogen-bond donors (Lipinski definition) is 2. The van der Waals surface area contributed by atoms with Gasteiger partial charge >= 0.3 is 0 Å². The maximum absolute atomic E-state index is 12.8. The van der Waals surface area contributed by atoms with Crippen LogP contribution in [0.1, 0.15) is 27.9 Å². The number of carbonyl (C=O) groups excluding carboxylic acids is 3. The van der Waals surface area contributed by atoms with Crippen LogP contribution in [0.15, 0.2) is 61.2 Å². The molecule has 1 aromatic heterocycles. The monoisotopic (exact) mass is 433 g/mol. The van der Waals surface area contributed by atoms with Crippen molar-refractivity contribution in [2.75, 3.05) is 24.2 Å². The smallest absolute Gasteiger partial charge is 0.254 e. The minimum atomic E-state index is -0.310. The van der Waals surface area contributed by atoms with Crippen LogP contribution in [0.5, 0.6) is 0 Å². The minimum absolute atomic E-state index is 0.0896. The summed E-state index contributed by atoms with van der Waals surface area (Å²) in [6, 6.07) is 12.4. The van der Waals surface area contributed by atoms with Crippen molar-refractivity contribution in [3.05, 3.63) is 77.9 Å². The second-order valence-electron chi connectivity index (χ2n) is 7.64. The lowest BCUT2D eigenvalue weighted by atomic mass is 10.1. The van der Waals surface area contributed by atoms with Crippen LogP contribution in [-0.2, 0) is 16.1 Å². The van der Waals surface area contributed by atoms with E-state index in [2.05, 4.69) is 15.6 Å². The van der Waals surface area contributed by atoms with E-state index in [1.54, 1.807) is 50.0 Å². The van der Waals surface area contributed by atoms with Gasteiger partial charge in [-0.25, -0.2) is 4.98 Å². The summed E-state index contributed by atoms with van der Waals surface area (Å²) in [4.78, 5) is 42.7. The van der Waals surface area contributed by atoms with Crippen LogP contribution in [-0.4, -0.2) is 45.8 Å². The molecule has 0 spiro atoms. The summed E-state index contributed by atoms with van der Waals surface area (Å²) in [5, 5.41) is 5.66. The predicted molar refractivity (Wildman–Crippen MR) is 123 cm³/mol. The third-order valence-electron chi connectivity index (χ3n) is 5.16. The molecule has 32 heavy (non-hydrogen) atoms. The van der Waals surface area contributed by atoms with Crippen LogP contribution < -0.4 is 10.6 Å². The van der Waals surface area contributed by atoms with Crippen molar-refractivity contribution in [3.63, 3.8) is 0 Å². The Labute approximate surface area is 187 Å². The lowest BCUT2D eigenvalue weighted by Crippen LogP contribution is -2.35. The van der Waals surface area contributed by atoms with E-state index in [4.69, 9.17) is 0 Å². The highest BCUT2D eigenvalue weighted by molar-refractivity contribution is 6.00. The molecule has 8 nitrogen and oxygen atoms in total. The first-order valence-electron chi connectivity index (χ1n) is 10.3. The predicted octanol–water partition coefficient (Wildman–Crippen LogP) is 3.24. The average molecular weight is 434 g/mol. The van der Waals surface area contributed by atoms with Crippen molar-refractivity contribution in [1.82, 2.24) is 14.5 Å². The Morgan fingerprint density at radius 2 is 1.81 bits per heavy atom. The lowest BCUT2D eigenvalue weighted by molar-refractivity contribution is -0.117. The minimum Gasteiger partial charge on any atom is -0.337 e. The molecule has 0 bridgehead atoms. The van der Waals surface area contributed by atoms with Gasteiger partial charge in [0, 0.05) is 49.3 Å². The molecule has 0 saturated carbocycles. The first kappa shape index (κ1) is 22.7. The van der Waals surface area contributed by atoms with Gasteiger partial charge in [0.1, 0.15) is 0 Å². The van der Waals surface area contributed by atoms with Gasteiger partial charge in [-0.15, -0.1) is 0 Å². The normalized spacial score (nSPS) is 10.5. The van der Waals surface area contributed by atoms with Gasteiger partial charge in [-0.3, -0.25) is 14.4 Å². The van der Waals surface area contributed by atoms with Crippen LogP contribution >= 0.6 is 0 Å². The van der Waals surface area contributed by atoms with Crippen molar-refractivity contribution < 1.29 is 14.4 Å². The molecule has 1 heterocycles. The number of carbonyl (C=O) groups is 3. The summed E-state index contributed by atoms with van der Waals surface area (Å²) >= 11 is 0. The standard InChI is InChI=1S/C24H27N5O3/c1-17-6-4-9-21(18(17)2)27-23(31)15-28(3)24(32)19-7-5-8-20(14-19)26-22(30)10-12-29-13-11-25-16-29/h4-9,11,13-14,16H,10,12,15H2,1-3H3,(H,26,30)(H,27,31). The quantitative estimate of drug-likeness (QED) is 0.570. The van der Waals surface area contributed by atoms with Crippen LogP contribution in [0.2, 0.25) is 0 Å². The molecule has 0 fully saturated rings. The molecule has 3 amide bonds. The number of nitrogens with one attached hydrogen (secondary N) is 2. The number of hydrogen-bond acceptors (Lipinski definition) is 4. The summed E-state index contributed by atoms with van der Waals surface area (Å²) in [6.07, 6.45) is 5.39. The van der Waals surface area contributed by atoms with E-state index < -0.39 is 0 Å². The lowest BCUT2D eigenvalue weighted by Gasteiger charge is -2.18. The van der Waals surface area contributed by atoms with E-state index in [9.17, 15) is 14.4 Å². The molecule has 0 unspecified atom stereocenters. The maximum atomic E-state index is 12.8. The summed E-state index contributed by atoms with van der Waals surface area (Å²) in [7, 11) is 1.57. The van der Waals surface area contributed by atoms with Crippen LogP contribution in [0, 0.1) is 13.8 Å². The van der Waals surface area contributed by atoms with Crippen molar-refractivity contribution in [3.8, 4) is 0 Å². The zero-order valence-electron chi connectivity index (χ0n) is 18.5. The Morgan fingerprint density at radius 1 is 1.03 bits per heavy atom. The third kappa shape index (κ3) is 6.04. The van der Waals surface area contributed by atoms with E-state index in [0.717, 1.165) is 16.8 Å². The molecule has 0 aliphatic heterocycles. The van der Waals surface area contributed by atoms with Crippen molar-refractivity contribution in [1.29, 1.82) is 0 Å². The fourth-order valence-electron chi connectivity index (χ4n) is 3.19. The second-order valence-corrected chi connectivity index (χ2v) is 7.64. The first-order valence-corrected chi connectivity index (χ1v) is 10.3. The molecule has 8 heteroatoms. The third-order valence-corrected chi connectivity index (χ3v) is 5.16. The average Bonchev–Trinajstić information content (AvgIpc) is 3.29. The molecule has 3 aromatic rings. The largest absolute Gasteiger partial charge is 0.337 e. The zero-order chi connectivity index (χ0) is 23.1. The van der Waals surface area contributed by atoms with Crippen LogP contribution in [0.3, 0.4) is 0 Å². The molecule has 0 aliphatic rings. The molecule has 0 saturated heterocycles. The molecule has 0 aliphatic carbocycles. The summed E-state index contributed by atoms with van der Waals surface area (Å²) < 4.78 is 1.82. The Bertz CT molecular complexity index is 1110. The van der Waals surface area contributed by atoms with Gasteiger partial charge in [0.2, 0.25) is 11.8 Å². The molecule has 2 N–H and O–H groups in total. The van der Waals surface area contributed by atoms with E-state index in [1.807, 2.05) is 36.6 Å². The van der Waals surface area contributed by atoms with E-state index >= 15 is 0 Å². The Hall–Kier alpha value is -3.94. The number of aromatic nitrogens is 2. The fraction of sp³-hybridized carbons (Fsp3) is 0.250. The number of benzene rings is 2. The maximum Gasteiger partial charge on any atom is 0.254 e. The highest BCUT2D eigenvalue weighted by atomic mass is 16.2. The number of rotatable bonds is 8. The number of nitrogens with zero attached hydrogens (tertiary/aromatic N) is 3. The zero-order valence-corrected chi connectivity index (χ0v) is 18.5. The van der Waals surface area contributed by atoms with Gasteiger partial charge in [0.15, 0.2) is 0 Å². The van der Waals surface area contributed by atoms with Crippen LogP contribution in [0.25, 0.3) is 0 Å². The van der Waals surface area contributed by atoms with E-state index in [-0.39, 0.29) is 30.7 Å². The fourth-order valence-corrected chi connectivity index (χ4v) is 3.19. The molecule has 0 atom stereocenters. The first-order chi connectivity index (χ1) is 15.3. The Balaban J connectivity index is 1.56. The molecule has 0 radical (unpaired) electrons. The van der Waals surface area contributed by atoms with Gasteiger partial charge in [0.05, 0.1) is 12.9 Å². The van der Waals surface area contributed by atoms with Gasteiger partial charge in [-0.1, -0.05) is 18.2 Å². The topological polar surface area (TPSA) is 96.3 Å². The number of anilines is 2. The van der Waals surface area contributed by atoms with Gasteiger partial charge in [-0.2, -0.15) is 0 Å². The SMILES string of the molecule is Cc1cccc(NC(=O)CN(C)C(=O)c2cccc(NC(=O)CCn3ccnc3)c2)c1C. The van der Waals surface area contributed by atoms with Gasteiger partial charge < -0.3 is 20.1 Å². The highest BCUT2D eigenvalue weighted by Gasteiger charge is 2.16. The summed E-state index contributed by atoms with van der Waals surface area (Å²) in [5.41, 5.74) is 3.72. The number of aryl methyl sites for hydroxylation is 2. The van der Waals surface area contributed by atoms with Crippen molar-refractivity contribution in [2.24, 2.45) is 0 Å². The summed E-state index contributed by atoms with van der Waals surface area (Å²) in [6.45, 7) is 4.34. The van der Waals surface area contributed by atoms with Crippen LogP contribution in [0.4, 0.5) is 11.4 Å². The van der Waals surface area contributed by atoms with Crippen molar-refractivity contribution >= 4 is 29.1 Å². The number of imidazole rings is 1. The molecule has 166 valence electrons. The Kier molecular flexibility index (Phi) is 7.38. The molecular weight excluding hydrogens is 406 g/mol. The molecule has 2 aromatic carbocycles. The Morgan fingerprint density at radius 3 is 2.56 bits per heavy atom. The van der Waals surface area contributed by atoms with E-state index in [0.29, 0.717) is 17.8 Å². The van der Waals surface area contributed by atoms with Gasteiger partial charge in [0.25, 0.3) is 5.91 Å². The van der Waals surface area contributed by atoms with Gasteiger partial charge in [-0.05, 0) is 49.2 Å². The molecule has 3 rings (SSSR count). The molecular formula is C24H27N5O3. The highest BCUT2D eigenvalue weighted by Crippen LogP contribution is 2.18. The second kappa shape index (κ2) is 10.4. The van der Waals surface area contributed by atoms with E-state index in [1.165, 1.54) is 4.90 Å². The number of amides is 3. The number of likely N-dealkylation sites (N-methyl/N-ethyl adjacent to an activating group) is 1. The summed E-state index contributed by atoms with van der Waals surface area (Å²) in [5.74, 6) is -0.751. The van der Waals surface area contributed by atoms with Crippen molar-refractivity contribution in [2.45, 2.75) is 26.8 Å².